The van der Waals surface area contributed by atoms with Gasteiger partial charge in [0, 0.05) is 15.6 Å². The van der Waals surface area contributed by atoms with Crippen molar-refractivity contribution in [2.45, 2.75) is 27.1 Å². The molecule has 4 aromatic rings. The highest BCUT2D eigenvalue weighted by Crippen LogP contribution is 2.31. The van der Waals surface area contributed by atoms with E-state index in [0.29, 0.717) is 46.1 Å². The van der Waals surface area contributed by atoms with Crippen LogP contribution in [0.1, 0.15) is 29.2 Å². The van der Waals surface area contributed by atoms with Gasteiger partial charge in [0.25, 0.3) is 11.8 Å². The molecule has 4 amide bonds. The average Bonchev–Trinajstić information content (AvgIpc) is 2.99. The third-order valence-electron chi connectivity index (χ3n) is 6.66. The summed E-state index contributed by atoms with van der Waals surface area (Å²) in [4.78, 5) is 39.8. The maximum Gasteiger partial charge on any atom is 0.335 e. The number of hydrogen-bond acceptors (Lipinski definition) is 6. The smallest absolute Gasteiger partial charge is 0.335 e. The number of carbonyl (C=O) groups excluding carboxylic acids is 3. The van der Waals surface area contributed by atoms with Crippen molar-refractivity contribution in [2.24, 2.45) is 0 Å². The van der Waals surface area contributed by atoms with E-state index in [1.807, 2.05) is 38.1 Å². The minimum Gasteiger partial charge on any atom is -0.490 e. The first-order valence-electron chi connectivity index (χ1n) is 13.7. The summed E-state index contributed by atoms with van der Waals surface area (Å²) < 4.78 is 17.6. The van der Waals surface area contributed by atoms with Crippen molar-refractivity contribution < 1.29 is 28.6 Å². The highest BCUT2D eigenvalue weighted by molar-refractivity contribution is 6.39. The van der Waals surface area contributed by atoms with Crippen molar-refractivity contribution in [2.75, 3.05) is 11.5 Å². The number of ether oxygens (including phenoxy) is 3. The first-order valence-corrected chi connectivity index (χ1v) is 14.5. The molecule has 0 saturated carbocycles. The zero-order valence-corrected chi connectivity index (χ0v) is 25.4. The maximum absolute atomic E-state index is 13.4. The van der Waals surface area contributed by atoms with Crippen molar-refractivity contribution in [3.05, 3.63) is 123 Å². The fraction of sp³-hybridized carbons (Fsp3) is 0.147. The molecule has 0 bridgehead atoms. The molecule has 5 rings (SSSR count). The Morgan fingerprint density at radius 3 is 2.34 bits per heavy atom. The summed E-state index contributed by atoms with van der Waals surface area (Å²) in [5.74, 6) is -0.0922. The number of urea groups is 1. The fourth-order valence-corrected chi connectivity index (χ4v) is 4.98. The van der Waals surface area contributed by atoms with Crippen LogP contribution in [0.25, 0.3) is 6.08 Å². The van der Waals surface area contributed by atoms with E-state index in [9.17, 15) is 14.4 Å². The summed E-state index contributed by atoms with van der Waals surface area (Å²) >= 11 is 12.2. The quantitative estimate of drug-likeness (QED) is 0.144. The van der Waals surface area contributed by atoms with Crippen LogP contribution in [0, 0.1) is 6.92 Å². The van der Waals surface area contributed by atoms with Crippen LogP contribution in [0.15, 0.2) is 90.5 Å². The number of rotatable bonds is 10. The second kappa shape index (κ2) is 13.7. The van der Waals surface area contributed by atoms with Gasteiger partial charge in [-0.2, -0.15) is 0 Å². The number of halogens is 2. The summed E-state index contributed by atoms with van der Waals surface area (Å²) in [6, 6.07) is 23.7. The number of nitrogens with one attached hydrogen (secondary N) is 1. The van der Waals surface area contributed by atoms with Crippen LogP contribution in [0.5, 0.6) is 17.2 Å². The van der Waals surface area contributed by atoms with Crippen molar-refractivity contribution in [1.82, 2.24) is 5.32 Å². The SMILES string of the molecule is CCOc1cc(/C=C2\C(=O)NC(=O)N(c3ccc(OCc4ccc(Cl)cc4Cl)cc3)C2=O)ccc1OCc1cccc(C)c1. The molecule has 224 valence electrons. The predicted octanol–water partition coefficient (Wildman–Crippen LogP) is 7.52. The molecule has 1 saturated heterocycles. The van der Waals surface area contributed by atoms with E-state index < -0.39 is 17.8 Å². The molecular formula is C34H28Cl2N2O6. The Hall–Kier alpha value is -4.79. The number of imide groups is 2. The Balaban J connectivity index is 1.32. The van der Waals surface area contributed by atoms with E-state index in [2.05, 4.69) is 5.32 Å². The van der Waals surface area contributed by atoms with Gasteiger partial charge in [-0.15, -0.1) is 0 Å². The first kappa shape index (κ1) is 30.7. The molecular weight excluding hydrogens is 603 g/mol. The van der Waals surface area contributed by atoms with E-state index in [1.54, 1.807) is 60.7 Å². The van der Waals surface area contributed by atoms with Crippen LogP contribution in [0.3, 0.4) is 0 Å². The molecule has 10 heteroatoms. The highest BCUT2D eigenvalue weighted by Gasteiger charge is 2.36. The number of amides is 4. The molecule has 1 N–H and O–H groups in total. The number of carbonyl (C=O) groups is 3. The Kier molecular flexibility index (Phi) is 9.53. The zero-order chi connectivity index (χ0) is 31.2. The van der Waals surface area contributed by atoms with Crippen molar-refractivity contribution in [1.29, 1.82) is 0 Å². The molecule has 0 radical (unpaired) electrons. The molecule has 8 nitrogen and oxygen atoms in total. The molecule has 1 aliphatic rings. The Morgan fingerprint density at radius 1 is 0.818 bits per heavy atom. The molecule has 1 fully saturated rings. The fourth-order valence-electron chi connectivity index (χ4n) is 4.51. The van der Waals surface area contributed by atoms with Crippen molar-refractivity contribution in [3.63, 3.8) is 0 Å². The van der Waals surface area contributed by atoms with Gasteiger partial charge >= 0.3 is 6.03 Å². The second-order valence-corrected chi connectivity index (χ2v) is 10.7. The molecule has 0 aromatic heterocycles. The number of nitrogens with zero attached hydrogens (tertiary/aromatic N) is 1. The van der Waals surface area contributed by atoms with Gasteiger partial charge in [-0.25, -0.2) is 9.69 Å². The minimum absolute atomic E-state index is 0.194. The number of aryl methyl sites for hydroxylation is 1. The van der Waals surface area contributed by atoms with Crippen LogP contribution < -0.4 is 24.4 Å². The van der Waals surface area contributed by atoms with Crippen molar-refractivity contribution in [3.8, 4) is 17.2 Å². The largest absolute Gasteiger partial charge is 0.490 e. The molecule has 0 unspecified atom stereocenters. The van der Waals surface area contributed by atoms with Crippen LogP contribution >= 0.6 is 23.2 Å². The van der Waals surface area contributed by atoms with Gasteiger partial charge < -0.3 is 14.2 Å². The van der Waals surface area contributed by atoms with Crippen LogP contribution in [-0.4, -0.2) is 24.5 Å². The lowest BCUT2D eigenvalue weighted by molar-refractivity contribution is -0.122. The monoisotopic (exact) mass is 630 g/mol. The minimum atomic E-state index is -0.853. The van der Waals surface area contributed by atoms with E-state index in [1.165, 1.54) is 6.08 Å². The molecule has 1 heterocycles. The summed E-state index contributed by atoms with van der Waals surface area (Å²) in [6.45, 7) is 4.78. The van der Waals surface area contributed by atoms with Crippen molar-refractivity contribution >= 4 is 52.8 Å². The lowest BCUT2D eigenvalue weighted by Gasteiger charge is -2.26. The highest BCUT2D eigenvalue weighted by atomic mass is 35.5. The summed E-state index contributed by atoms with van der Waals surface area (Å²) in [6.07, 6.45) is 1.41. The van der Waals surface area contributed by atoms with E-state index in [0.717, 1.165) is 21.6 Å². The van der Waals surface area contributed by atoms with Gasteiger partial charge in [0.2, 0.25) is 0 Å². The standard InChI is InChI=1S/C34H28Cl2N2O6/c1-3-42-31-17-22(7-14-30(31)44-19-23-6-4-5-21(2)15-23)16-28-32(39)37-34(41)38(33(28)40)26-10-12-27(13-11-26)43-20-24-8-9-25(35)18-29(24)36/h4-18H,3,19-20H2,1-2H3,(H,37,39,41)/b28-16+. The average molecular weight is 632 g/mol. The first-order chi connectivity index (χ1) is 21.2. The third kappa shape index (κ3) is 7.22. The van der Waals surface area contributed by atoms with Gasteiger partial charge in [-0.3, -0.25) is 14.9 Å². The Labute approximate surface area is 264 Å². The van der Waals surface area contributed by atoms with Gasteiger partial charge in [0.15, 0.2) is 11.5 Å². The topological polar surface area (TPSA) is 94.2 Å². The number of hydrogen-bond donors (Lipinski definition) is 1. The lowest BCUT2D eigenvalue weighted by Crippen LogP contribution is -2.54. The number of benzene rings is 4. The van der Waals surface area contributed by atoms with E-state index >= 15 is 0 Å². The molecule has 44 heavy (non-hydrogen) atoms. The molecule has 1 aliphatic heterocycles. The lowest BCUT2D eigenvalue weighted by atomic mass is 10.1. The maximum atomic E-state index is 13.4. The third-order valence-corrected chi connectivity index (χ3v) is 7.25. The van der Waals surface area contributed by atoms with E-state index in [-0.39, 0.29) is 17.9 Å². The van der Waals surface area contributed by atoms with Gasteiger partial charge in [0.1, 0.15) is 24.5 Å². The van der Waals surface area contributed by atoms with Gasteiger partial charge in [-0.05, 0) is 79.6 Å². The van der Waals surface area contributed by atoms with Crippen LogP contribution in [0.4, 0.5) is 10.5 Å². The summed E-state index contributed by atoms with van der Waals surface area (Å²) in [7, 11) is 0. The van der Waals surface area contributed by atoms with Gasteiger partial charge in [0.05, 0.1) is 12.3 Å². The van der Waals surface area contributed by atoms with Crippen LogP contribution in [0.2, 0.25) is 10.0 Å². The van der Waals surface area contributed by atoms with E-state index in [4.69, 9.17) is 37.4 Å². The second-order valence-electron chi connectivity index (χ2n) is 9.89. The van der Waals surface area contributed by atoms with Crippen LogP contribution in [-0.2, 0) is 22.8 Å². The molecule has 0 spiro atoms. The molecule has 4 aromatic carbocycles. The summed E-state index contributed by atoms with van der Waals surface area (Å²) in [5, 5.41) is 3.24. The molecule has 0 atom stereocenters. The van der Waals surface area contributed by atoms with Gasteiger partial charge in [-0.1, -0.05) is 65.2 Å². The Morgan fingerprint density at radius 2 is 1.61 bits per heavy atom. The zero-order valence-electron chi connectivity index (χ0n) is 23.9. The predicted molar refractivity (Wildman–Crippen MR) is 169 cm³/mol. The normalized spacial score (nSPS) is 14.0. The number of anilines is 1. The Bertz CT molecular complexity index is 1750. The number of barbiturate groups is 1. The molecule has 0 aliphatic carbocycles. The summed E-state index contributed by atoms with van der Waals surface area (Å²) in [5.41, 5.74) is 3.46.